The molecule has 0 aliphatic carbocycles. The van der Waals surface area contributed by atoms with E-state index in [1.807, 2.05) is 0 Å². The van der Waals surface area contributed by atoms with E-state index in [1.54, 1.807) is 44.3 Å². The number of aliphatic hydroxyl groups is 1. The molecule has 0 aliphatic rings. The van der Waals surface area contributed by atoms with Gasteiger partial charge >= 0.3 is 18.1 Å². The molecule has 0 spiro atoms. The third-order valence-corrected chi connectivity index (χ3v) is 3.03. The molecule has 0 saturated carbocycles. The van der Waals surface area contributed by atoms with Gasteiger partial charge in [0.15, 0.2) is 0 Å². The first kappa shape index (κ1) is 20.0. The number of hydrogen-bond donors (Lipinski definition) is 2. The van der Waals surface area contributed by atoms with Crippen molar-refractivity contribution in [2.45, 2.75) is 44.5 Å². The average molecular weight is 347 g/mol. The molecule has 0 bridgehead atoms. The molecular formula is C16H20F3NO4. The molecule has 2 N–H and O–H groups in total. The molecule has 0 unspecified atom stereocenters. The molecule has 0 saturated heterocycles. The summed E-state index contributed by atoms with van der Waals surface area (Å²) in [5, 5.41) is 11.2. The highest BCUT2D eigenvalue weighted by atomic mass is 19.4. The summed E-state index contributed by atoms with van der Waals surface area (Å²) in [6.07, 6.45) is -5.16. The van der Waals surface area contributed by atoms with E-state index in [2.05, 4.69) is 0 Å². The van der Waals surface area contributed by atoms with Crippen molar-refractivity contribution in [2.75, 3.05) is 6.61 Å². The second-order valence-electron chi connectivity index (χ2n) is 6.18. The lowest BCUT2D eigenvalue weighted by Gasteiger charge is -2.29. The highest BCUT2D eigenvalue weighted by Crippen LogP contribution is 2.24. The predicted octanol–water partition coefficient (Wildman–Crippen LogP) is 2.15. The van der Waals surface area contributed by atoms with E-state index in [0.29, 0.717) is 5.56 Å². The van der Waals surface area contributed by atoms with Gasteiger partial charge in [0, 0.05) is 5.92 Å². The molecule has 0 aromatic heterocycles. The van der Waals surface area contributed by atoms with Crippen LogP contribution in [0.5, 0.6) is 0 Å². The first-order valence-electron chi connectivity index (χ1n) is 7.22. The van der Waals surface area contributed by atoms with Crippen LogP contribution in [-0.2, 0) is 14.3 Å². The van der Waals surface area contributed by atoms with Crippen molar-refractivity contribution in [2.24, 2.45) is 0 Å². The maximum absolute atomic E-state index is 12.6. The summed E-state index contributed by atoms with van der Waals surface area (Å²) in [5.41, 5.74) is -0.562. The molecule has 1 aromatic carbocycles. The Labute approximate surface area is 137 Å². The summed E-state index contributed by atoms with van der Waals surface area (Å²) in [6.45, 7) is 3.99. The third kappa shape index (κ3) is 5.84. The smallest absolute Gasteiger partial charge is 0.458 e. The van der Waals surface area contributed by atoms with Gasteiger partial charge < -0.3 is 15.2 Å². The topological polar surface area (TPSA) is 75.6 Å². The fraction of sp³-hybridized carbons (Fsp3) is 0.500. The van der Waals surface area contributed by atoms with Gasteiger partial charge in [-0.05, 0) is 26.3 Å². The standard InChI is InChI=1S/C16H20F3NO4/c1-15(2,3)24-13(22)12(20-14(23)16(17,18)19)11(9-21)10-7-5-4-6-8-10/h4-8,11-12,21H,9H2,1-3H3,(H,20,23)/t11-,12+/m0/s1. The number of esters is 1. The van der Waals surface area contributed by atoms with E-state index >= 15 is 0 Å². The summed E-state index contributed by atoms with van der Waals surface area (Å²) >= 11 is 0. The molecule has 2 atom stereocenters. The Hall–Kier alpha value is -2.09. The summed E-state index contributed by atoms with van der Waals surface area (Å²) in [6, 6.07) is 6.29. The molecule has 24 heavy (non-hydrogen) atoms. The van der Waals surface area contributed by atoms with Crippen molar-refractivity contribution < 1.29 is 32.6 Å². The van der Waals surface area contributed by atoms with Crippen molar-refractivity contribution in [3.05, 3.63) is 35.9 Å². The normalized spacial score (nSPS) is 14.6. The van der Waals surface area contributed by atoms with Gasteiger partial charge in [-0.2, -0.15) is 13.2 Å². The summed E-state index contributed by atoms with van der Waals surface area (Å²) in [7, 11) is 0. The Bertz CT molecular complexity index is 567. The Morgan fingerprint density at radius 1 is 1.17 bits per heavy atom. The lowest BCUT2D eigenvalue weighted by molar-refractivity contribution is -0.177. The van der Waals surface area contributed by atoms with Gasteiger partial charge in [-0.25, -0.2) is 4.79 Å². The Morgan fingerprint density at radius 3 is 2.12 bits per heavy atom. The first-order valence-corrected chi connectivity index (χ1v) is 7.22. The zero-order valence-corrected chi connectivity index (χ0v) is 13.6. The molecule has 1 rings (SSSR count). The van der Waals surface area contributed by atoms with E-state index in [0.717, 1.165) is 0 Å². The molecular weight excluding hydrogens is 327 g/mol. The number of hydrogen-bond acceptors (Lipinski definition) is 4. The highest BCUT2D eigenvalue weighted by Gasteiger charge is 2.43. The second-order valence-corrected chi connectivity index (χ2v) is 6.18. The number of rotatable bonds is 5. The number of aliphatic hydroxyl groups excluding tert-OH is 1. The molecule has 0 fully saturated rings. The van der Waals surface area contributed by atoms with Crippen molar-refractivity contribution in [3.8, 4) is 0 Å². The number of alkyl halides is 3. The number of carbonyl (C=O) groups excluding carboxylic acids is 2. The lowest BCUT2D eigenvalue weighted by Crippen LogP contribution is -2.52. The fourth-order valence-electron chi connectivity index (χ4n) is 2.02. The number of ether oxygens (including phenoxy) is 1. The van der Waals surface area contributed by atoms with Crippen molar-refractivity contribution in [1.82, 2.24) is 5.32 Å². The van der Waals surface area contributed by atoms with Crippen LogP contribution in [0.3, 0.4) is 0 Å². The Balaban J connectivity index is 3.16. The van der Waals surface area contributed by atoms with Crippen molar-refractivity contribution in [3.63, 3.8) is 0 Å². The van der Waals surface area contributed by atoms with Gasteiger partial charge in [0.2, 0.25) is 0 Å². The monoisotopic (exact) mass is 347 g/mol. The zero-order chi connectivity index (χ0) is 18.5. The molecule has 0 heterocycles. The van der Waals surface area contributed by atoms with Crippen LogP contribution in [0.1, 0.15) is 32.3 Å². The quantitative estimate of drug-likeness (QED) is 0.801. The van der Waals surface area contributed by atoms with Crippen LogP contribution in [-0.4, -0.2) is 41.4 Å². The van der Waals surface area contributed by atoms with E-state index in [-0.39, 0.29) is 0 Å². The van der Waals surface area contributed by atoms with Crippen molar-refractivity contribution >= 4 is 11.9 Å². The number of benzene rings is 1. The number of nitrogens with one attached hydrogen (secondary N) is 1. The minimum atomic E-state index is -5.16. The maximum atomic E-state index is 12.6. The number of halogens is 3. The molecule has 0 aliphatic heterocycles. The molecule has 5 nitrogen and oxygen atoms in total. The van der Waals surface area contributed by atoms with Crippen LogP contribution < -0.4 is 5.32 Å². The second kappa shape index (κ2) is 7.65. The van der Waals surface area contributed by atoms with Crippen LogP contribution in [0.25, 0.3) is 0 Å². The first-order chi connectivity index (χ1) is 11.0. The van der Waals surface area contributed by atoms with Crippen LogP contribution >= 0.6 is 0 Å². The largest absolute Gasteiger partial charge is 0.471 e. The predicted molar refractivity (Wildman–Crippen MR) is 80.1 cm³/mol. The van der Waals surface area contributed by atoms with E-state index in [4.69, 9.17) is 4.74 Å². The molecule has 1 aromatic rings. The van der Waals surface area contributed by atoms with Gasteiger partial charge in [0.25, 0.3) is 0 Å². The molecule has 0 radical (unpaired) electrons. The van der Waals surface area contributed by atoms with Gasteiger partial charge in [-0.1, -0.05) is 30.3 Å². The Morgan fingerprint density at radius 2 is 1.71 bits per heavy atom. The number of carbonyl (C=O) groups is 2. The van der Waals surface area contributed by atoms with E-state index < -0.39 is 42.2 Å². The summed E-state index contributed by atoms with van der Waals surface area (Å²) in [4.78, 5) is 23.6. The van der Waals surface area contributed by atoms with E-state index in [1.165, 1.54) is 12.1 Å². The van der Waals surface area contributed by atoms with Gasteiger partial charge in [-0.15, -0.1) is 0 Å². The van der Waals surface area contributed by atoms with E-state index in [9.17, 15) is 27.9 Å². The van der Waals surface area contributed by atoms with Gasteiger partial charge in [0.1, 0.15) is 11.6 Å². The highest BCUT2D eigenvalue weighted by molar-refractivity contribution is 5.88. The average Bonchev–Trinajstić information content (AvgIpc) is 2.45. The van der Waals surface area contributed by atoms with Crippen LogP contribution in [0, 0.1) is 0 Å². The Kier molecular flexibility index (Phi) is 6.36. The van der Waals surface area contributed by atoms with Crippen molar-refractivity contribution in [1.29, 1.82) is 0 Å². The van der Waals surface area contributed by atoms with Crippen LogP contribution in [0.4, 0.5) is 13.2 Å². The zero-order valence-electron chi connectivity index (χ0n) is 13.6. The minimum absolute atomic E-state index is 0.401. The fourth-order valence-corrected chi connectivity index (χ4v) is 2.02. The van der Waals surface area contributed by atoms with Gasteiger partial charge in [0.05, 0.1) is 6.61 Å². The summed E-state index contributed by atoms with van der Waals surface area (Å²) < 4.78 is 42.7. The third-order valence-electron chi connectivity index (χ3n) is 3.03. The minimum Gasteiger partial charge on any atom is -0.458 e. The molecule has 1 amide bonds. The number of amides is 1. The molecule has 8 heteroatoms. The van der Waals surface area contributed by atoms with Crippen LogP contribution in [0.15, 0.2) is 30.3 Å². The SMILES string of the molecule is CC(C)(C)OC(=O)[C@H](NC(=O)C(F)(F)F)[C@@H](CO)c1ccccc1. The lowest BCUT2D eigenvalue weighted by atomic mass is 9.91. The molecule has 134 valence electrons. The summed E-state index contributed by atoms with van der Waals surface area (Å²) in [5.74, 6) is -4.40. The van der Waals surface area contributed by atoms with Gasteiger partial charge in [-0.3, -0.25) is 4.79 Å². The maximum Gasteiger partial charge on any atom is 0.471 e. The van der Waals surface area contributed by atoms with Crippen LogP contribution in [0.2, 0.25) is 0 Å².